The summed E-state index contributed by atoms with van der Waals surface area (Å²) in [6, 6.07) is 23.1. The molecule has 1 spiro atoms. The minimum Gasteiger partial charge on any atom is -0.384 e. The standard InChI is InChI=1S/C55H66N10O4/c1-35-32-61(33-38-5-11-46-45(29-38)55(20-4-21-55)54(69)65(46)47-12-14-50(66)59-52(47)67)27-28-64(35)34-37-16-23-63(24-17-37)53(68)41-8-6-39(7-9-41)40-18-25-62(26-19-40)36(2)48-30-44-43(15-22-57-51(44)60(48)3)42-10-13-49(56)58-31-42/h5-11,13,15,22,29-31,35-37,40,47H,4,12,14,16-21,23-28,32-34H2,1-3H3,(H2,56,58)(H,59,66,67)/t35-,36-,47?/m0/s1. The van der Waals surface area contributed by atoms with Crippen LogP contribution in [0.15, 0.2) is 79.1 Å². The van der Waals surface area contributed by atoms with E-state index in [4.69, 9.17) is 10.7 Å². The summed E-state index contributed by atoms with van der Waals surface area (Å²) in [5, 5.41) is 3.58. The lowest BCUT2D eigenvalue weighted by molar-refractivity contribution is -0.136. The second-order valence-corrected chi connectivity index (χ2v) is 21.0. The van der Waals surface area contributed by atoms with Gasteiger partial charge in [0.25, 0.3) is 5.91 Å². The molecule has 0 bridgehead atoms. The van der Waals surface area contributed by atoms with Gasteiger partial charge in [-0.1, -0.05) is 30.7 Å². The number of rotatable bonds is 10. The van der Waals surface area contributed by atoms with Gasteiger partial charge < -0.3 is 15.2 Å². The number of likely N-dealkylation sites (tertiary alicyclic amines) is 2. The van der Waals surface area contributed by atoms with Crippen molar-refractivity contribution in [3.8, 4) is 11.1 Å². The average Bonchev–Trinajstić information content (AvgIpc) is 3.83. The van der Waals surface area contributed by atoms with Crippen molar-refractivity contribution in [1.82, 2.24) is 39.5 Å². The Balaban J connectivity index is 0.639. The number of piperidine rings is 3. The molecule has 3 aromatic heterocycles. The van der Waals surface area contributed by atoms with Crippen molar-refractivity contribution < 1.29 is 19.2 Å². The van der Waals surface area contributed by atoms with Crippen molar-refractivity contribution >= 4 is 46.2 Å². The molecule has 14 heteroatoms. The van der Waals surface area contributed by atoms with Gasteiger partial charge in [-0.3, -0.25) is 44.1 Å². The SMILES string of the molecule is C[C@H]1CN(Cc2ccc3c(c2)C2(CCC2)C(=O)N3C2CCC(=O)NC2=O)CCN1CC1CCN(C(=O)c2ccc(C3CCN([C@@H](C)c4cc5c(-c6ccc(N)nc6)ccnc5n4C)CC3)cc2)CC1. The van der Waals surface area contributed by atoms with Gasteiger partial charge in [0.05, 0.1) is 5.41 Å². The van der Waals surface area contributed by atoms with E-state index in [1.165, 1.54) is 16.8 Å². The van der Waals surface area contributed by atoms with Gasteiger partial charge in [-0.15, -0.1) is 0 Å². The molecule has 2 aromatic carbocycles. The molecule has 1 aliphatic carbocycles. The highest BCUT2D eigenvalue weighted by molar-refractivity contribution is 6.14. The van der Waals surface area contributed by atoms with Crippen LogP contribution < -0.4 is 16.0 Å². The van der Waals surface area contributed by atoms with Crippen molar-refractivity contribution in [2.45, 2.75) is 108 Å². The Bertz CT molecular complexity index is 2770. The summed E-state index contributed by atoms with van der Waals surface area (Å²) >= 11 is 0. The minimum atomic E-state index is -0.632. The summed E-state index contributed by atoms with van der Waals surface area (Å²) in [4.78, 5) is 73.1. The number of aryl methyl sites for hydroxylation is 1. The molecule has 1 saturated carbocycles. The van der Waals surface area contributed by atoms with Crippen LogP contribution >= 0.6 is 0 Å². The lowest BCUT2D eigenvalue weighted by Gasteiger charge is -2.43. The van der Waals surface area contributed by atoms with Crippen LogP contribution in [-0.2, 0) is 33.4 Å². The number of nitrogens with zero attached hydrogens (tertiary/aromatic N) is 8. The topological polar surface area (TPSA) is 153 Å². The number of nitrogens with two attached hydrogens (primary N) is 1. The summed E-state index contributed by atoms with van der Waals surface area (Å²) in [6.45, 7) is 13.1. The van der Waals surface area contributed by atoms with Crippen molar-refractivity contribution in [3.63, 3.8) is 0 Å². The van der Waals surface area contributed by atoms with E-state index in [-0.39, 0.29) is 36.1 Å². The van der Waals surface area contributed by atoms with Gasteiger partial charge in [0, 0.05) is 112 Å². The van der Waals surface area contributed by atoms with Crippen molar-refractivity contribution in [2.24, 2.45) is 13.0 Å². The monoisotopic (exact) mass is 931 g/mol. The molecule has 5 fully saturated rings. The van der Waals surface area contributed by atoms with Crippen LogP contribution in [0, 0.1) is 5.92 Å². The molecular formula is C55H66N10O4. The van der Waals surface area contributed by atoms with E-state index < -0.39 is 11.5 Å². The second kappa shape index (κ2) is 18.4. The maximum atomic E-state index is 13.9. The van der Waals surface area contributed by atoms with Crippen LogP contribution in [0.25, 0.3) is 22.2 Å². The van der Waals surface area contributed by atoms with Crippen LogP contribution in [0.1, 0.15) is 116 Å². The molecule has 3 atom stereocenters. The number of imide groups is 1. The van der Waals surface area contributed by atoms with E-state index in [1.54, 1.807) is 4.90 Å². The first kappa shape index (κ1) is 45.5. The molecule has 6 aliphatic rings. The first-order valence-electron chi connectivity index (χ1n) is 25.5. The molecule has 5 aromatic rings. The number of hydrogen-bond donors (Lipinski definition) is 2. The van der Waals surface area contributed by atoms with E-state index >= 15 is 0 Å². The molecule has 1 unspecified atom stereocenters. The fourth-order valence-corrected chi connectivity index (χ4v) is 12.7. The van der Waals surface area contributed by atoms with Gasteiger partial charge in [-0.2, -0.15) is 0 Å². The van der Waals surface area contributed by atoms with Crippen LogP contribution in [0.4, 0.5) is 11.5 Å². The Kier molecular flexibility index (Phi) is 12.1. The van der Waals surface area contributed by atoms with Crippen LogP contribution in [0.2, 0.25) is 0 Å². The summed E-state index contributed by atoms with van der Waals surface area (Å²) in [5.41, 5.74) is 14.9. The fraction of sp³-hybridized carbons (Fsp3) is 0.491. The number of carbonyl (C=O) groups excluding carboxylic acids is 4. The van der Waals surface area contributed by atoms with Crippen molar-refractivity contribution in [1.29, 1.82) is 0 Å². The number of carbonyl (C=O) groups is 4. The minimum absolute atomic E-state index is 0.0248. The molecule has 14 nitrogen and oxygen atoms in total. The van der Waals surface area contributed by atoms with Gasteiger partial charge in [-0.05, 0) is 148 Å². The largest absolute Gasteiger partial charge is 0.384 e. The predicted molar refractivity (Wildman–Crippen MR) is 267 cm³/mol. The Labute approximate surface area is 405 Å². The third-order valence-corrected chi connectivity index (χ3v) is 17.0. The predicted octanol–water partition coefficient (Wildman–Crippen LogP) is 6.79. The smallest absolute Gasteiger partial charge is 0.253 e. The zero-order chi connectivity index (χ0) is 47.6. The van der Waals surface area contributed by atoms with E-state index in [0.29, 0.717) is 30.1 Å². The Hall–Kier alpha value is -5.96. The molecule has 4 amide bonds. The van der Waals surface area contributed by atoms with Crippen LogP contribution in [0.3, 0.4) is 0 Å². The number of benzene rings is 2. The molecule has 8 heterocycles. The number of nitrogens with one attached hydrogen (secondary N) is 1. The highest BCUT2D eigenvalue weighted by atomic mass is 16.2. The molecule has 4 saturated heterocycles. The van der Waals surface area contributed by atoms with Gasteiger partial charge in [0.2, 0.25) is 17.7 Å². The molecule has 11 rings (SSSR count). The van der Waals surface area contributed by atoms with Gasteiger partial charge in [0.15, 0.2) is 0 Å². The molecular weight excluding hydrogens is 865 g/mol. The summed E-state index contributed by atoms with van der Waals surface area (Å²) in [5.74, 6) is 1.09. The normalized spacial score (nSPS) is 23.4. The van der Waals surface area contributed by atoms with Crippen LogP contribution in [-0.4, -0.2) is 122 Å². The Morgan fingerprint density at radius 2 is 1.67 bits per heavy atom. The third-order valence-electron chi connectivity index (χ3n) is 17.0. The van der Waals surface area contributed by atoms with Crippen LogP contribution in [0.5, 0.6) is 0 Å². The number of anilines is 2. The number of piperazine rings is 1. The maximum Gasteiger partial charge on any atom is 0.253 e. The lowest BCUT2D eigenvalue weighted by Crippen LogP contribution is -2.56. The van der Waals surface area contributed by atoms with Crippen molar-refractivity contribution in [3.05, 3.63) is 107 Å². The molecule has 0 radical (unpaired) electrons. The zero-order valence-electron chi connectivity index (χ0n) is 40.4. The number of aromatic nitrogens is 3. The highest BCUT2D eigenvalue weighted by Crippen LogP contribution is 2.54. The molecule has 5 aliphatic heterocycles. The van der Waals surface area contributed by atoms with E-state index in [0.717, 1.165) is 143 Å². The molecule has 360 valence electrons. The van der Waals surface area contributed by atoms with E-state index in [1.807, 2.05) is 30.6 Å². The zero-order valence-corrected chi connectivity index (χ0v) is 40.4. The maximum absolute atomic E-state index is 13.9. The van der Waals surface area contributed by atoms with Gasteiger partial charge >= 0.3 is 0 Å². The summed E-state index contributed by atoms with van der Waals surface area (Å²) < 4.78 is 2.23. The Morgan fingerprint density at radius 1 is 0.884 bits per heavy atom. The number of pyridine rings is 2. The highest BCUT2D eigenvalue weighted by Gasteiger charge is 2.57. The van der Waals surface area contributed by atoms with Gasteiger partial charge in [0.1, 0.15) is 17.5 Å². The number of hydrogen-bond acceptors (Lipinski definition) is 10. The third kappa shape index (κ3) is 8.41. The first-order valence-corrected chi connectivity index (χ1v) is 25.5. The van der Waals surface area contributed by atoms with E-state index in [2.05, 4.69) is 104 Å². The number of fused-ring (bicyclic) bond motifs is 3. The molecule has 69 heavy (non-hydrogen) atoms. The van der Waals surface area contributed by atoms with Crippen molar-refractivity contribution in [2.75, 3.05) is 63.0 Å². The number of amides is 4. The van der Waals surface area contributed by atoms with Gasteiger partial charge in [-0.25, -0.2) is 9.97 Å². The second-order valence-electron chi connectivity index (χ2n) is 21.0. The number of nitrogen functional groups attached to an aromatic ring is 1. The molecule has 3 N–H and O–H groups in total. The average molecular weight is 931 g/mol. The van der Waals surface area contributed by atoms with E-state index in [9.17, 15) is 19.2 Å². The first-order chi connectivity index (χ1) is 33.4. The Morgan fingerprint density at radius 3 is 2.36 bits per heavy atom. The summed E-state index contributed by atoms with van der Waals surface area (Å²) in [7, 11) is 2.12. The summed E-state index contributed by atoms with van der Waals surface area (Å²) in [6.07, 6.45) is 11.2. The quantitative estimate of drug-likeness (QED) is 0.143. The lowest BCUT2D eigenvalue weighted by atomic mass is 9.65. The fourth-order valence-electron chi connectivity index (χ4n) is 12.7.